The van der Waals surface area contributed by atoms with Crippen molar-refractivity contribution in [1.29, 1.82) is 0 Å². The molecule has 6 heteroatoms. The SMILES string of the molecule is COc1ccc(C(=O)NC[C@@H](c2ccco2)N2CCOCC2)cc1. The highest BCUT2D eigenvalue weighted by atomic mass is 16.5. The van der Waals surface area contributed by atoms with Crippen LogP contribution in [-0.2, 0) is 4.74 Å². The number of morpholine rings is 1. The smallest absolute Gasteiger partial charge is 0.251 e. The zero-order valence-corrected chi connectivity index (χ0v) is 13.7. The molecule has 1 aliphatic rings. The normalized spacial score (nSPS) is 16.5. The second kappa shape index (κ2) is 7.99. The van der Waals surface area contributed by atoms with E-state index in [1.807, 2.05) is 12.1 Å². The lowest BCUT2D eigenvalue weighted by Gasteiger charge is -2.33. The maximum absolute atomic E-state index is 12.4. The molecule has 0 spiro atoms. The van der Waals surface area contributed by atoms with E-state index in [4.69, 9.17) is 13.9 Å². The van der Waals surface area contributed by atoms with E-state index < -0.39 is 0 Å². The molecule has 1 aliphatic heterocycles. The maximum Gasteiger partial charge on any atom is 0.251 e. The number of benzene rings is 1. The van der Waals surface area contributed by atoms with Crippen molar-refractivity contribution in [2.45, 2.75) is 6.04 Å². The van der Waals surface area contributed by atoms with Crippen molar-refractivity contribution < 1.29 is 18.7 Å². The van der Waals surface area contributed by atoms with E-state index in [0.29, 0.717) is 25.3 Å². The molecule has 1 fully saturated rings. The fourth-order valence-electron chi connectivity index (χ4n) is 2.81. The molecule has 3 rings (SSSR count). The van der Waals surface area contributed by atoms with Crippen molar-refractivity contribution >= 4 is 5.91 Å². The van der Waals surface area contributed by atoms with Gasteiger partial charge in [-0.25, -0.2) is 0 Å². The second-order valence-electron chi connectivity index (χ2n) is 5.62. The molecule has 0 unspecified atom stereocenters. The highest BCUT2D eigenvalue weighted by molar-refractivity contribution is 5.94. The average molecular weight is 330 g/mol. The number of carbonyl (C=O) groups is 1. The molecule has 1 aromatic carbocycles. The number of furan rings is 1. The number of ether oxygens (including phenoxy) is 2. The Morgan fingerprint density at radius 2 is 2.00 bits per heavy atom. The van der Waals surface area contributed by atoms with Crippen molar-refractivity contribution in [2.24, 2.45) is 0 Å². The maximum atomic E-state index is 12.4. The Labute approximate surface area is 141 Å². The van der Waals surface area contributed by atoms with Gasteiger partial charge >= 0.3 is 0 Å². The fraction of sp³-hybridized carbons (Fsp3) is 0.389. The topological polar surface area (TPSA) is 63.9 Å². The first kappa shape index (κ1) is 16.5. The van der Waals surface area contributed by atoms with Gasteiger partial charge in [-0.1, -0.05) is 0 Å². The minimum Gasteiger partial charge on any atom is -0.497 e. The molecule has 1 amide bonds. The molecule has 0 aliphatic carbocycles. The number of carbonyl (C=O) groups excluding carboxylic acids is 1. The predicted molar refractivity (Wildman–Crippen MR) is 89.2 cm³/mol. The third-order valence-electron chi connectivity index (χ3n) is 4.17. The van der Waals surface area contributed by atoms with Gasteiger partial charge in [0, 0.05) is 25.2 Å². The Morgan fingerprint density at radius 1 is 1.25 bits per heavy atom. The summed E-state index contributed by atoms with van der Waals surface area (Å²) in [4.78, 5) is 14.6. The standard InChI is InChI=1S/C18H22N2O4/c1-22-15-6-4-14(5-7-15)18(21)19-13-16(17-3-2-10-24-17)20-8-11-23-12-9-20/h2-7,10,16H,8-9,11-13H2,1H3,(H,19,21)/t16-/m0/s1. The van der Waals surface area contributed by atoms with Gasteiger partial charge in [0.2, 0.25) is 0 Å². The number of nitrogens with zero attached hydrogens (tertiary/aromatic N) is 1. The number of hydrogen-bond donors (Lipinski definition) is 1. The minimum atomic E-state index is -0.109. The summed E-state index contributed by atoms with van der Waals surface area (Å²) in [5.41, 5.74) is 0.607. The number of nitrogens with one attached hydrogen (secondary N) is 1. The van der Waals surface area contributed by atoms with Crippen LogP contribution >= 0.6 is 0 Å². The molecule has 128 valence electrons. The molecule has 2 heterocycles. The van der Waals surface area contributed by atoms with E-state index in [1.54, 1.807) is 37.6 Å². The monoisotopic (exact) mass is 330 g/mol. The van der Waals surface area contributed by atoms with Crippen molar-refractivity contribution in [1.82, 2.24) is 10.2 Å². The summed E-state index contributed by atoms with van der Waals surface area (Å²) in [6.07, 6.45) is 1.66. The molecule has 1 aromatic heterocycles. The van der Waals surface area contributed by atoms with Gasteiger partial charge in [0.25, 0.3) is 5.91 Å². The molecule has 24 heavy (non-hydrogen) atoms. The molecule has 0 bridgehead atoms. The van der Waals surface area contributed by atoms with Crippen LogP contribution in [0.15, 0.2) is 47.1 Å². The third-order valence-corrected chi connectivity index (χ3v) is 4.17. The number of rotatable bonds is 6. The van der Waals surface area contributed by atoms with E-state index in [1.165, 1.54) is 0 Å². The van der Waals surface area contributed by atoms with Crippen molar-refractivity contribution in [2.75, 3.05) is 40.0 Å². The van der Waals surface area contributed by atoms with Crippen LogP contribution in [-0.4, -0.2) is 50.8 Å². The Morgan fingerprint density at radius 3 is 2.62 bits per heavy atom. The van der Waals surface area contributed by atoms with Crippen LogP contribution in [0, 0.1) is 0 Å². The third kappa shape index (κ3) is 3.96. The van der Waals surface area contributed by atoms with Crippen LogP contribution in [0.3, 0.4) is 0 Å². The molecule has 1 saturated heterocycles. The first-order valence-corrected chi connectivity index (χ1v) is 8.05. The van der Waals surface area contributed by atoms with Gasteiger partial charge < -0.3 is 19.2 Å². The van der Waals surface area contributed by atoms with Gasteiger partial charge in [0.05, 0.1) is 32.6 Å². The van der Waals surface area contributed by atoms with Crippen LogP contribution in [0.4, 0.5) is 0 Å². The summed E-state index contributed by atoms with van der Waals surface area (Å²) < 4.78 is 16.1. The first-order valence-electron chi connectivity index (χ1n) is 8.05. The molecular weight excluding hydrogens is 308 g/mol. The summed E-state index contributed by atoms with van der Waals surface area (Å²) >= 11 is 0. The van der Waals surface area contributed by atoms with Crippen LogP contribution < -0.4 is 10.1 Å². The lowest BCUT2D eigenvalue weighted by Crippen LogP contribution is -2.43. The molecule has 1 atom stereocenters. The summed E-state index contributed by atoms with van der Waals surface area (Å²) in [5.74, 6) is 1.47. The Kier molecular flexibility index (Phi) is 5.51. The highest BCUT2D eigenvalue weighted by Crippen LogP contribution is 2.22. The van der Waals surface area contributed by atoms with E-state index in [2.05, 4.69) is 10.2 Å². The molecule has 0 radical (unpaired) electrons. The lowest BCUT2D eigenvalue weighted by molar-refractivity contribution is 0.0118. The summed E-state index contributed by atoms with van der Waals surface area (Å²) in [6, 6.07) is 10.9. The summed E-state index contributed by atoms with van der Waals surface area (Å²) in [6.45, 7) is 3.53. The minimum absolute atomic E-state index is 0.00565. The Balaban J connectivity index is 1.65. The molecule has 6 nitrogen and oxygen atoms in total. The second-order valence-corrected chi connectivity index (χ2v) is 5.62. The van der Waals surface area contributed by atoms with Gasteiger partial charge in [-0.15, -0.1) is 0 Å². The predicted octanol–water partition coefficient (Wildman–Crippen LogP) is 2.09. The molecule has 0 saturated carbocycles. The van der Waals surface area contributed by atoms with Crippen LogP contribution in [0.2, 0.25) is 0 Å². The number of hydrogen-bond acceptors (Lipinski definition) is 5. The van der Waals surface area contributed by atoms with Gasteiger partial charge in [-0.3, -0.25) is 9.69 Å². The van der Waals surface area contributed by atoms with Crippen molar-refractivity contribution in [3.8, 4) is 5.75 Å². The Hall–Kier alpha value is -2.31. The summed E-state index contributed by atoms with van der Waals surface area (Å²) in [7, 11) is 1.60. The van der Waals surface area contributed by atoms with Crippen molar-refractivity contribution in [3.05, 3.63) is 54.0 Å². The fourth-order valence-corrected chi connectivity index (χ4v) is 2.81. The Bertz CT molecular complexity index is 634. The van der Waals surface area contributed by atoms with Gasteiger partial charge in [0.15, 0.2) is 0 Å². The van der Waals surface area contributed by atoms with Crippen molar-refractivity contribution in [3.63, 3.8) is 0 Å². The molecule has 1 N–H and O–H groups in total. The van der Waals surface area contributed by atoms with E-state index in [0.717, 1.165) is 24.6 Å². The quantitative estimate of drug-likeness (QED) is 0.879. The zero-order valence-electron chi connectivity index (χ0n) is 13.7. The lowest BCUT2D eigenvalue weighted by atomic mass is 10.1. The van der Waals surface area contributed by atoms with Gasteiger partial charge in [-0.2, -0.15) is 0 Å². The molecular formula is C18H22N2O4. The molecule has 2 aromatic rings. The highest BCUT2D eigenvalue weighted by Gasteiger charge is 2.25. The van der Waals surface area contributed by atoms with Crippen LogP contribution in [0.1, 0.15) is 22.2 Å². The summed E-state index contributed by atoms with van der Waals surface area (Å²) in [5, 5.41) is 3.00. The zero-order chi connectivity index (χ0) is 16.8. The van der Waals surface area contributed by atoms with Gasteiger partial charge in [0.1, 0.15) is 11.5 Å². The number of methoxy groups -OCH3 is 1. The first-order chi connectivity index (χ1) is 11.8. The van der Waals surface area contributed by atoms with Crippen LogP contribution in [0.5, 0.6) is 5.75 Å². The van der Waals surface area contributed by atoms with Gasteiger partial charge in [-0.05, 0) is 36.4 Å². The largest absolute Gasteiger partial charge is 0.497 e. The average Bonchev–Trinajstić information content (AvgIpc) is 3.17. The number of amides is 1. The van der Waals surface area contributed by atoms with E-state index in [9.17, 15) is 4.79 Å². The van der Waals surface area contributed by atoms with E-state index in [-0.39, 0.29) is 11.9 Å². The van der Waals surface area contributed by atoms with E-state index >= 15 is 0 Å². The van der Waals surface area contributed by atoms with Crippen LogP contribution in [0.25, 0.3) is 0 Å².